The second-order valence-electron chi connectivity index (χ2n) is 2.82. The fourth-order valence-electron chi connectivity index (χ4n) is 1.25. The van der Waals surface area contributed by atoms with Gasteiger partial charge in [-0.25, -0.2) is 4.79 Å². The monoisotopic (exact) mass is 192 g/mol. The third-order valence-corrected chi connectivity index (χ3v) is 1.91. The number of hydrogen-bond acceptors (Lipinski definition) is 3. The van der Waals surface area contributed by atoms with E-state index >= 15 is 0 Å². The van der Waals surface area contributed by atoms with Crippen LogP contribution in [0, 0.1) is 0 Å². The van der Waals surface area contributed by atoms with E-state index in [-0.39, 0.29) is 5.56 Å². The predicted molar refractivity (Wildman–Crippen MR) is 49.4 cm³/mol. The summed E-state index contributed by atoms with van der Waals surface area (Å²) >= 11 is 0. The number of ether oxygens (including phenoxy) is 1. The quantitative estimate of drug-likeness (QED) is 0.666. The lowest BCUT2D eigenvalue weighted by molar-refractivity contribution is 0.0600. The number of rotatable bonds is 1. The summed E-state index contributed by atoms with van der Waals surface area (Å²) in [5, 5.41) is 2.53. The van der Waals surface area contributed by atoms with Gasteiger partial charge in [-0.05, 0) is 12.1 Å². The van der Waals surface area contributed by atoms with E-state index in [2.05, 4.69) is 9.84 Å². The zero-order valence-corrected chi connectivity index (χ0v) is 7.48. The van der Waals surface area contributed by atoms with Crippen molar-refractivity contribution in [3.8, 4) is 0 Å². The van der Waals surface area contributed by atoms with Crippen LogP contribution in [0.5, 0.6) is 0 Å². The normalized spacial score (nSPS) is 10.4. The molecule has 0 saturated heterocycles. The van der Waals surface area contributed by atoms with Gasteiger partial charge < -0.3 is 4.74 Å². The Labute approximate surface area is 78.9 Å². The van der Waals surface area contributed by atoms with E-state index in [1.165, 1.54) is 23.9 Å². The van der Waals surface area contributed by atoms with Crippen LogP contribution in [-0.4, -0.2) is 22.7 Å². The minimum Gasteiger partial charge on any atom is -0.465 e. The van der Waals surface area contributed by atoms with Gasteiger partial charge in [-0.15, -0.1) is 0 Å². The van der Waals surface area contributed by atoms with Crippen LogP contribution in [-0.2, 0) is 4.74 Å². The summed E-state index contributed by atoms with van der Waals surface area (Å²) in [5.41, 5.74) is 0.904. The molecule has 1 N–H and O–H groups in total. The first kappa shape index (κ1) is 8.55. The molecule has 14 heavy (non-hydrogen) atoms. The highest BCUT2D eigenvalue weighted by atomic mass is 16.5. The highest BCUT2D eigenvalue weighted by Gasteiger charge is 2.06. The Hall–Kier alpha value is -2.04. The molecule has 0 atom stereocenters. The van der Waals surface area contributed by atoms with Crippen molar-refractivity contribution in [3.05, 3.63) is 40.3 Å². The Morgan fingerprint density at radius 1 is 1.50 bits per heavy atom. The van der Waals surface area contributed by atoms with Crippen molar-refractivity contribution in [2.24, 2.45) is 0 Å². The van der Waals surface area contributed by atoms with E-state index in [0.29, 0.717) is 11.1 Å². The molecule has 0 bridgehead atoms. The molecule has 0 saturated carbocycles. The summed E-state index contributed by atoms with van der Waals surface area (Å²) in [6.45, 7) is 0. The Kier molecular flexibility index (Phi) is 1.85. The molecule has 0 aliphatic rings. The van der Waals surface area contributed by atoms with E-state index in [9.17, 15) is 9.59 Å². The fraction of sp³-hybridized carbons (Fsp3) is 0.111. The van der Waals surface area contributed by atoms with Gasteiger partial charge in [0, 0.05) is 12.3 Å². The lowest BCUT2D eigenvalue weighted by Crippen LogP contribution is -2.04. The van der Waals surface area contributed by atoms with Crippen LogP contribution in [0.2, 0.25) is 0 Å². The molecule has 0 radical (unpaired) electrons. The van der Waals surface area contributed by atoms with Crippen molar-refractivity contribution in [2.45, 2.75) is 0 Å². The number of methoxy groups -OCH3 is 1. The highest BCUT2D eigenvalue weighted by Crippen LogP contribution is 2.04. The highest BCUT2D eigenvalue weighted by molar-refractivity contribution is 5.89. The van der Waals surface area contributed by atoms with Crippen LogP contribution >= 0.6 is 0 Å². The molecule has 5 heteroatoms. The van der Waals surface area contributed by atoms with Crippen LogP contribution in [0.4, 0.5) is 0 Å². The number of nitrogens with zero attached hydrogens (tertiary/aromatic N) is 1. The summed E-state index contributed by atoms with van der Waals surface area (Å²) in [7, 11) is 1.31. The lowest BCUT2D eigenvalue weighted by Gasteiger charge is -1.99. The molecule has 0 unspecified atom stereocenters. The second-order valence-corrected chi connectivity index (χ2v) is 2.82. The summed E-state index contributed by atoms with van der Waals surface area (Å²) in [6, 6.07) is 4.72. The van der Waals surface area contributed by atoms with Crippen LogP contribution in [0.3, 0.4) is 0 Å². The number of nitrogens with one attached hydrogen (secondary N) is 1. The summed E-state index contributed by atoms with van der Waals surface area (Å²) in [6.07, 6.45) is 1.52. The number of H-pyrrole nitrogens is 1. The number of aromatic amines is 1. The molecule has 2 heterocycles. The largest absolute Gasteiger partial charge is 0.465 e. The number of carbonyl (C=O) groups excluding carboxylic acids is 1. The Morgan fingerprint density at radius 2 is 2.29 bits per heavy atom. The number of esters is 1. The zero-order valence-electron chi connectivity index (χ0n) is 7.48. The summed E-state index contributed by atoms with van der Waals surface area (Å²) in [5.74, 6) is -0.429. The maximum atomic E-state index is 11.1. The Balaban J connectivity index is 2.61. The standard InChI is InChI=1S/C9H8N2O3/c1-14-9(13)6-2-3-7-4-8(12)10-11(7)5-6/h2-5H,1H3,(H,10,12). The van der Waals surface area contributed by atoms with E-state index < -0.39 is 5.97 Å². The van der Waals surface area contributed by atoms with Crippen molar-refractivity contribution in [3.63, 3.8) is 0 Å². The van der Waals surface area contributed by atoms with Gasteiger partial charge in [0.2, 0.25) is 0 Å². The first-order valence-electron chi connectivity index (χ1n) is 4.00. The smallest absolute Gasteiger partial charge is 0.339 e. The van der Waals surface area contributed by atoms with Crippen molar-refractivity contribution in [1.29, 1.82) is 0 Å². The minimum absolute atomic E-state index is 0.202. The van der Waals surface area contributed by atoms with Crippen LogP contribution in [0.25, 0.3) is 5.52 Å². The Bertz CT molecular complexity index is 538. The second kappa shape index (κ2) is 3.02. The number of aromatic nitrogens is 2. The topological polar surface area (TPSA) is 63.6 Å². The zero-order chi connectivity index (χ0) is 10.1. The van der Waals surface area contributed by atoms with Crippen molar-refractivity contribution in [2.75, 3.05) is 7.11 Å². The van der Waals surface area contributed by atoms with Gasteiger partial charge >= 0.3 is 5.97 Å². The fourth-order valence-corrected chi connectivity index (χ4v) is 1.25. The minimum atomic E-state index is -0.429. The Morgan fingerprint density at radius 3 is 3.00 bits per heavy atom. The molecule has 0 aliphatic carbocycles. The molecule has 2 aromatic rings. The van der Waals surface area contributed by atoms with Crippen molar-refractivity contribution >= 4 is 11.5 Å². The third kappa shape index (κ3) is 1.28. The number of fused-ring (bicyclic) bond motifs is 1. The maximum absolute atomic E-state index is 11.1. The molecular weight excluding hydrogens is 184 g/mol. The molecule has 0 amide bonds. The van der Waals surface area contributed by atoms with Gasteiger partial charge in [0.05, 0.1) is 18.2 Å². The first-order chi connectivity index (χ1) is 6.70. The molecule has 0 fully saturated rings. The number of pyridine rings is 1. The number of hydrogen-bond donors (Lipinski definition) is 1. The number of carbonyl (C=O) groups is 1. The van der Waals surface area contributed by atoms with Gasteiger partial charge in [0.1, 0.15) is 0 Å². The average Bonchev–Trinajstić information content (AvgIpc) is 2.55. The first-order valence-corrected chi connectivity index (χ1v) is 4.00. The van der Waals surface area contributed by atoms with Crippen LogP contribution in [0.15, 0.2) is 29.2 Å². The molecule has 72 valence electrons. The molecule has 0 aliphatic heterocycles. The van der Waals surface area contributed by atoms with Crippen molar-refractivity contribution in [1.82, 2.24) is 9.61 Å². The van der Waals surface area contributed by atoms with E-state index in [1.54, 1.807) is 12.1 Å². The molecule has 0 spiro atoms. The molecule has 0 aromatic carbocycles. The predicted octanol–water partition coefficient (Wildman–Crippen LogP) is 0.414. The van der Waals surface area contributed by atoms with Gasteiger partial charge in [-0.3, -0.25) is 14.4 Å². The SMILES string of the molecule is COC(=O)c1ccc2cc(=O)[nH]n2c1. The van der Waals surface area contributed by atoms with Gasteiger partial charge in [-0.2, -0.15) is 0 Å². The molecule has 5 nitrogen and oxygen atoms in total. The van der Waals surface area contributed by atoms with Crippen molar-refractivity contribution < 1.29 is 9.53 Å². The van der Waals surface area contributed by atoms with E-state index in [0.717, 1.165) is 0 Å². The van der Waals surface area contributed by atoms with Crippen LogP contribution in [0.1, 0.15) is 10.4 Å². The lowest BCUT2D eigenvalue weighted by atomic mass is 10.3. The van der Waals surface area contributed by atoms with E-state index in [4.69, 9.17) is 0 Å². The van der Waals surface area contributed by atoms with Gasteiger partial charge in [0.15, 0.2) is 0 Å². The van der Waals surface area contributed by atoms with Gasteiger partial charge in [0.25, 0.3) is 5.56 Å². The van der Waals surface area contributed by atoms with E-state index in [1.807, 2.05) is 0 Å². The summed E-state index contributed by atoms with van der Waals surface area (Å²) in [4.78, 5) is 22.1. The molecular formula is C9H8N2O3. The summed E-state index contributed by atoms with van der Waals surface area (Å²) < 4.78 is 6.03. The van der Waals surface area contributed by atoms with Gasteiger partial charge in [-0.1, -0.05) is 0 Å². The molecule has 2 rings (SSSR count). The third-order valence-electron chi connectivity index (χ3n) is 1.91. The molecule has 2 aromatic heterocycles. The van der Waals surface area contributed by atoms with Crippen LogP contribution < -0.4 is 5.56 Å². The average molecular weight is 192 g/mol. The maximum Gasteiger partial charge on any atom is 0.339 e.